The fourth-order valence-electron chi connectivity index (χ4n) is 3.50. The number of ether oxygens (including phenoxy) is 1. The van der Waals surface area contributed by atoms with Crippen LogP contribution in [0.5, 0.6) is 5.75 Å². The molecule has 0 bridgehead atoms. The topological polar surface area (TPSA) is 65.0 Å². The zero-order valence-electron chi connectivity index (χ0n) is 16.0. The minimum absolute atomic E-state index is 0.0944. The molecule has 2 aromatic rings. The van der Waals surface area contributed by atoms with Gasteiger partial charge in [-0.2, -0.15) is 0 Å². The Bertz CT molecular complexity index is 780. The molecule has 1 saturated heterocycles. The van der Waals surface area contributed by atoms with Crippen LogP contribution < -0.4 is 10.1 Å². The molecule has 150 valence electrons. The summed E-state index contributed by atoms with van der Waals surface area (Å²) >= 11 is 6.19. The summed E-state index contributed by atoms with van der Waals surface area (Å²) in [6, 6.07) is 14.6. The van der Waals surface area contributed by atoms with Gasteiger partial charge >= 0.3 is 0 Å². The lowest BCUT2D eigenvalue weighted by molar-refractivity contribution is -0.122. The third kappa shape index (κ3) is 5.02. The Labute approximate surface area is 170 Å². The maximum atomic E-state index is 13.2. The molecule has 1 atom stereocenters. The smallest absolute Gasteiger partial charge is 0.246 e. The lowest BCUT2D eigenvalue weighted by atomic mass is 10.0. The van der Waals surface area contributed by atoms with E-state index in [-0.39, 0.29) is 12.5 Å². The average Bonchev–Trinajstić information content (AvgIpc) is 2.71. The molecule has 1 fully saturated rings. The first kappa shape index (κ1) is 20.6. The van der Waals surface area contributed by atoms with Crippen LogP contribution >= 0.6 is 11.6 Å². The molecule has 0 aliphatic carbocycles. The van der Waals surface area contributed by atoms with Crippen LogP contribution in [-0.2, 0) is 4.79 Å². The Hall–Kier alpha value is -2.12. The highest BCUT2D eigenvalue weighted by molar-refractivity contribution is 6.32. The van der Waals surface area contributed by atoms with E-state index in [0.717, 1.165) is 31.7 Å². The number of piperazine rings is 1. The fraction of sp³-hybridized carbons (Fsp3) is 0.381. The largest absolute Gasteiger partial charge is 0.495 e. The SMILES string of the molecule is COc1ccc(NC(=O)C(c2ccccc2)N2CCN(CCO)CC2)cc1Cl. The van der Waals surface area contributed by atoms with Crippen LogP contribution in [0.15, 0.2) is 48.5 Å². The Morgan fingerprint density at radius 2 is 1.89 bits per heavy atom. The number of anilines is 1. The van der Waals surface area contributed by atoms with E-state index in [1.54, 1.807) is 25.3 Å². The molecular formula is C21H26ClN3O3. The molecule has 0 radical (unpaired) electrons. The molecule has 6 nitrogen and oxygen atoms in total. The predicted molar refractivity (Wildman–Crippen MR) is 111 cm³/mol. The standard InChI is InChI=1S/C21H26ClN3O3/c1-28-19-8-7-17(15-18(19)22)23-21(27)20(16-5-3-2-4-6-16)25-11-9-24(10-12-25)13-14-26/h2-8,15,20,26H,9-14H2,1H3,(H,23,27). The summed E-state index contributed by atoms with van der Waals surface area (Å²) in [5.74, 6) is 0.474. The minimum atomic E-state index is -0.390. The van der Waals surface area contributed by atoms with E-state index in [2.05, 4.69) is 15.1 Å². The van der Waals surface area contributed by atoms with E-state index in [0.29, 0.717) is 23.0 Å². The van der Waals surface area contributed by atoms with Crippen LogP contribution in [0.2, 0.25) is 5.02 Å². The minimum Gasteiger partial charge on any atom is -0.495 e. The van der Waals surface area contributed by atoms with Gasteiger partial charge in [0.1, 0.15) is 11.8 Å². The predicted octanol–water partition coefficient (Wildman–Crippen LogP) is 2.64. The van der Waals surface area contributed by atoms with Crippen molar-refractivity contribution in [2.24, 2.45) is 0 Å². The first-order valence-electron chi connectivity index (χ1n) is 9.39. The van der Waals surface area contributed by atoms with Crippen LogP contribution in [0.3, 0.4) is 0 Å². The van der Waals surface area contributed by atoms with Crippen LogP contribution in [0.1, 0.15) is 11.6 Å². The number of hydrogen-bond acceptors (Lipinski definition) is 5. The molecule has 7 heteroatoms. The molecule has 2 N–H and O–H groups in total. The Kier molecular flexibility index (Phi) is 7.28. The van der Waals surface area contributed by atoms with E-state index in [9.17, 15) is 4.79 Å². The van der Waals surface area contributed by atoms with Crippen molar-refractivity contribution in [2.75, 3.05) is 51.8 Å². The molecule has 1 heterocycles. The number of amides is 1. The normalized spacial score (nSPS) is 16.5. The van der Waals surface area contributed by atoms with Gasteiger partial charge in [-0.3, -0.25) is 14.6 Å². The monoisotopic (exact) mass is 403 g/mol. The zero-order valence-corrected chi connectivity index (χ0v) is 16.7. The summed E-state index contributed by atoms with van der Waals surface area (Å²) in [6.45, 7) is 3.99. The summed E-state index contributed by atoms with van der Waals surface area (Å²) in [4.78, 5) is 17.6. The first-order valence-corrected chi connectivity index (χ1v) is 9.77. The molecule has 1 aliphatic heterocycles. The van der Waals surface area contributed by atoms with Crippen molar-refractivity contribution >= 4 is 23.2 Å². The summed E-state index contributed by atoms with van der Waals surface area (Å²) in [5, 5.41) is 12.6. The average molecular weight is 404 g/mol. The number of carbonyl (C=O) groups excluding carboxylic acids is 1. The van der Waals surface area contributed by atoms with Crippen molar-refractivity contribution in [3.05, 3.63) is 59.1 Å². The summed E-state index contributed by atoms with van der Waals surface area (Å²) in [5.41, 5.74) is 1.59. The van der Waals surface area contributed by atoms with E-state index in [4.69, 9.17) is 21.4 Å². The van der Waals surface area contributed by atoms with Gasteiger partial charge in [0.25, 0.3) is 0 Å². The molecular weight excluding hydrogens is 378 g/mol. The highest BCUT2D eigenvalue weighted by Crippen LogP contribution is 2.29. The van der Waals surface area contributed by atoms with Gasteiger partial charge in [-0.05, 0) is 23.8 Å². The van der Waals surface area contributed by atoms with Gasteiger partial charge in [-0.15, -0.1) is 0 Å². The Balaban J connectivity index is 1.77. The van der Waals surface area contributed by atoms with Crippen molar-refractivity contribution in [1.29, 1.82) is 0 Å². The van der Waals surface area contributed by atoms with Crippen LogP contribution in [0, 0.1) is 0 Å². The lowest BCUT2D eigenvalue weighted by Gasteiger charge is -2.38. The van der Waals surface area contributed by atoms with E-state index in [1.165, 1.54) is 0 Å². The fourth-order valence-corrected chi connectivity index (χ4v) is 3.76. The van der Waals surface area contributed by atoms with Crippen molar-refractivity contribution < 1.29 is 14.6 Å². The quantitative estimate of drug-likeness (QED) is 0.744. The van der Waals surface area contributed by atoms with Gasteiger partial charge in [0.15, 0.2) is 0 Å². The van der Waals surface area contributed by atoms with E-state index >= 15 is 0 Å². The molecule has 0 spiro atoms. The maximum absolute atomic E-state index is 13.2. The second-order valence-electron chi connectivity index (χ2n) is 6.75. The third-order valence-corrected chi connectivity index (χ3v) is 5.27. The number of nitrogens with zero attached hydrogens (tertiary/aromatic N) is 2. The molecule has 1 unspecified atom stereocenters. The number of benzene rings is 2. The number of β-amino-alcohol motifs (C(OH)–C–C–N with tert-alkyl or cyclic N) is 1. The molecule has 3 rings (SSSR count). The summed E-state index contributed by atoms with van der Waals surface area (Å²) in [7, 11) is 1.56. The number of aliphatic hydroxyl groups is 1. The number of hydrogen-bond donors (Lipinski definition) is 2. The van der Waals surface area contributed by atoms with Crippen molar-refractivity contribution in [3.63, 3.8) is 0 Å². The maximum Gasteiger partial charge on any atom is 0.246 e. The van der Waals surface area contributed by atoms with Gasteiger partial charge in [-0.25, -0.2) is 0 Å². The van der Waals surface area contributed by atoms with E-state index < -0.39 is 6.04 Å². The summed E-state index contributed by atoms with van der Waals surface area (Å²) < 4.78 is 5.17. The first-order chi connectivity index (χ1) is 13.6. The molecule has 1 amide bonds. The van der Waals surface area contributed by atoms with Crippen molar-refractivity contribution in [2.45, 2.75) is 6.04 Å². The Morgan fingerprint density at radius 1 is 1.18 bits per heavy atom. The highest BCUT2D eigenvalue weighted by atomic mass is 35.5. The summed E-state index contributed by atoms with van der Waals surface area (Å²) in [6.07, 6.45) is 0. The highest BCUT2D eigenvalue weighted by Gasteiger charge is 2.30. The Morgan fingerprint density at radius 3 is 2.50 bits per heavy atom. The number of rotatable bonds is 7. The van der Waals surface area contributed by atoms with Gasteiger partial charge < -0.3 is 15.2 Å². The molecule has 0 aromatic heterocycles. The van der Waals surface area contributed by atoms with Crippen LogP contribution in [-0.4, -0.2) is 67.3 Å². The van der Waals surface area contributed by atoms with Gasteiger partial charge in [0.2, 0.25) is 5.91 Å². The third-order valence-electron chi connectivity index (χ3n) is 4.97. The molecule has 1 aliphatic rings. The molecule has 2 aromatic carbocycles. The van der Waals surface area contributed by atoms with Gasteiger partial charge in [0, 0.05) is 38.4 Å². The van der Waals surface area contributed by atoms with Crippen molar-refractivity contribution in [3.8, 4) is 5.75 Å². The number of aliphatic hydroxyl groups excluding tert-OH is 1. The van der Waals surface area contributed by atoms with E-state index in [1.807, 2.05) is 30.3 Å². The number of carbonyl (C=O) groups is 1. The second-order valence-corrected chi connectivity index (χ2v) is 7.16. The van der Waals surface area contributed by atoms with Gasteiger partial charge in [0.05, 0.1) is 18.7 Å². The number of nitrogens with one attached hydrogen (secondary N) is 1. The van der Waals surface area contributed by atoms with Crippen LogP contribution in [0.25, 0.3) is 0 Å². The second kappa shape index (κ2) is 9.89. The molecule has 28 heavy (non-hydrogen) atoms. The zero-order chi connectivity index (χ0) is 19.9. The molecule has 0 saturated carbocycles. The van der Waals surface area contributed by atoms with Crippen LogP contribution in [0.4, 0.5) is 5.69 Å². The van der Waals surface area contributed by atoms with Crippen molar-refractivity contribution in [1.82, 2.24) is 9.80 Å². The number of halogens is 1. The van der Waals surface area contributed by atoms with Gasteiger partial charge in [-0.1, -0.05) is 41.9 Å². The number of methoxy groups -OCH3 is 1. The lowest BCUT2D eigenvalue weighted by Crippen LogP contribution is -2.50.